The lowest BCUT2D eigenvalue weighted by Gasteiger charge is -2.15. The summed E-state index contributed by atoms with van der Waals surface area (Å²) < 4.78 is 10.3. The van der Waals surface area contributed by atoms with Gasteiger partial charge in [-0.1, -0.05) is 30.3 Å². The first-order chi connectivity index (χ1) is 13.0. The summed E-state index contributed by atoms with van der Waals surface area (Å²) in [7, 11) is 4.53. The third kappa shape index (κ3) is 5.38. The molecule has 0 unspecified atom stereocenters. The molecule has 9 heteroatoms. The van der Waals surface area contributed by atoms with E-state index in [-0.39, 0.29) is 17.0 Å². The van der Waals surface area contributed by atoms with Gasteiger partial charge in [0.25, 0.3) is 5.69 Å². The SMILES string of the molecule is COc1cc(/C=N\N(C)C(=S)NCc2ccccc2)c([N+](=O)[O-])cc1OC. The monoisotopic (exact) mass is 388 g/mol. The lowest BCUT2D eigenvalue weighted by molar-refractivity contribution is -0.385. The van der Waals surface area contributed by atoms with E-state index in [4.69, 9.17) is 21.7 Å². The van der Waals surface area contributed by atoms with Crippen LogP contribution in [0.3, 0.4) is 0 Å². The van der Waals surface area contributed by atoms with Crippen molar-refractivity contribution in [2.75, 3.05) is 21.3 Å². The molecule has 27 heavy (non-hydrogen) atoms. The molecule has 0 aromatic heterocycles. The van der Waals surface area contributed by atoms with E-state index in [1.54, 1.807) is 7.05 Å². The molecule has 0 atom stereocenters. The first kappa shape index (κ1) is 20.1. The number of nitro benzene ring substituents is 1. The van der Waals surface area contributed by atoms with E-state index in [1.807, 2.05) is 30.3 Å². The number of nitrogens with zero attached hydrogens (tertiary/aromatic N) is 3. The van der Waals surface area contributed by atoms with Crippen LogP contribution in [0.1, 0.15) is 11.1 Å². The van der Waals surface area contributed by atoms with Crippen LogP contribution in [0.5, 0.6) is 11.5 Å². The summed E-state index contributed by atoms with van der Waals surface area (Å²) in [4.78, 5) is 10.8. The molecule has 0 aliphatic heterocycles. The Morgan fingerprint density at radius 1 is 1.26 bits per heavy atom. The summed E-state index contributed by atoms with van der Waals surface area (Å²) >= 11 is 5.29. The highest BCUT2D eigenvalue weighted by Crippen LogP contribution is 2.33. The zero-order chi connectivity index (χ0) is 19.8. The van der Waals surface area contributed by atoms with Gasteiger partial charge in [-0.3, -0.25) is 10.1 Å². The standard InChI is InChI=1S/C18H20N4O4S/c1-21(18(27)19-11-13-7-5-4-6-8-13)20-12-14-9-16(25-2)17(26-3)10-15(14)22(23)24/h4-10,12H,11H2,1-3H3,(H,19,27)/b20-12-. The Kier molecular flexibility index (Phi) is 7.07. The molecular formula is C18H20N4O4S. The molecule has 0 saturated carbocycles. The van der Waals surface area contributed by atoms with Crippen molar-refractivity contribution in [2.24, 2.45) is 5.10 Å². The van der Waals surface area contributed by atoms with Crippen LogP contribution in [0.25, 0.3) is 0 Å². The molecule has 2 aromatic carbocycles. The summed E-state index contributed by atoms with van der Waals surface area (Å²) in [5.41, 5.74) is 1.20. The Balaban J connectivity index is 2.13. The lowest BCUT2D eigenvalue weighted by atomic mass is 10.1. The normalized spacial score (nSPS) is 10.5. The molecule has 0 fully saturated rings. The maximum absolute atomic E-state index is 11.3. The number of methoxy groups -OCH3 is 2. The summed E-state index contributed by atoms with van der Waals surface area (Å²) in [6.07, 6.45) is 1.36. The number of rotatable bonds is 7. The molecular weight excluding hydrogens is 368 g/mol. The Labute approximate surface area is 162 Å². The smallest absolute Gasteiger partial charge is 0.282 e. The fraction of sp³-hybridized carbons (Fsp3) is 0.222. The Morgan fingerprint density at radius 2 is 1.89 bits per heavy atom. The van der Waals surface area contributed by atoms with Crippen LogP contribution in [-0.2, 0) is 6.54 Å². The number of benzene rings is 2. The van der Waals surface area contributed by atoms with Crippen molar-refractivity contribution in [3.8, 4) is 11.5 Å². The van der Waals surface area contributed by atoms with Gasteiger partial charge in [-0.2, -0.15) is 5.10 Å². The zero-order valence-corrected chi connectivity index (χ0v) is 16.0. The van der Waals surface area contributed by atoms with E-state index < -0.39 is 4.92 Å². The minimum atomic E-state index is -0.505. The van der Waals surface area contributed by atoms with E-state index in [0.29, 0.717) is 17.4 Å². The number of nitro groups is 1. The second kappa shape index (κ2) is 9.48. The minimum Gasteiger partial charge on any atom is -0.493 e. The van der Waals surface area contributed by atoms with Crippen molar-refractivity contribution in [1.29, 1.82) is 0 Å². The zero-order valence-electron chi connectivity index (χ0n) is 15.2. The maximum atomic E-state index is 11.3. The summed E-state index contributed by atoms with van der Waals surface area (Å²) in [6, 6.07) is 12.6. The van der Waals surface area contributed by atoms with E-state index >= 15 is 0 Å². The van der Waals surface area contributed by atoms with Crippen LogP contribution < -0.4 is 14.8 Å². The van der Waals surface area contributed by atoms with Crippen molar-refractivity contribution in [1.82, 2.24) is 10.3 Å². The lowest BCUT2D eigenvalue weighted by Crippen LogP contribution is -2.33. The number of nitrogens with one attached hydrogen (secondary N) is 1. The molecule has 8 nitrogen and oxygen atoms in total. The van der Waals surface area contributed by atoms with E-state index in [9.17, 15) is 10.1 Å². The van der Waals surface area contributed by atoms with Gasteiger partial charge in [0.05, 0.1) is 37.0 Å². The predicted molar refractivity (Wildman–Crippen MR) is 107 cm³/mol. The second-order valence-corrected chi connectivity index (χ2v) is 5.82. The fourth-order valence-corrected chi connectivity index (χ4v) is 2.35. The largest absolute Gasteiger partial charge is 0.493 e. The van der Waals surface area contributed by atoms with Gasteiger partial charge in [0, 0.05) is 13.6 Å². The van der Waals surface area contributed by atoms with Gasteiger partial charge in [0.15, 0.2) is 16.6 Å². The Morgan fingerprint density at radius 3 is 2.48 bits per heavy atom. The molecule has 0 radical (unpaired) electrons. The molecule has 142 valence electrons. The molecule has 0 aliphatic carbocycles. The predicted octanol–water partition coefficient (Wildman–Crippen LogP) is 2.95. The number of ether oxygens (including phenoxy) is 2. The van der Waals surface area contributed by atoms with Crippen molar-refractivity contribution in [3.63, 3.8) is 0 Å². The molecule has 2 aromatic rings. The van der Waals surface area contributed by atoms with Crippen LogP contribution in [0.15, 0.2) is 47.6 Å². The summed E-state index contributed by atoms with van der Waals surface area (Å²) in [5, 5.41) is 20.4. The van der Waals surface area contributed by atoms with Gasteiger partial charge >= 0.3 is 0 Å². The molecule has 0 spiro atoms. The Bertz CT molecular complexity index is 843. The molecule has 0 bridgehead atoms. The van der Waals surface area contributed by atoms with Crippen LogP contribution >= 0.6 is 12.2 Å². The highest BCUT2D eigenvalue weighted by Gasteiger charge is 2.18. The van der Waals surface area contributed by atoms with Crippen molar-refractivity contribution in [2.45, 2.75) is 6.54 Å². The van der Waals surface area contributed by atoms with E-state index in [1.165, 1.54) is 37.6 Å². The van der Waals surface area contributed by atoms with Crippen molar-refractivity contribution in [3.05, 3.63) is 63.7 Å². The van der Waals surface area contributed by atoms with Gasteiger partial charge in [0.1, 0.15) is 0 Å². The Hall–Kier alpha value is -3.20. The molecule has 0 saturated heterocycles. The molecule has 0 amide bonds. The van der Waals surface area contributed by atoms with Crippen LogP contribution in [0.2, 0.25) is 0 Å². The fourth-order valence-electron chi connectivity index (χ4n) is 2.23. The van der Waals surface area contributed by atoms with E-state index in [2.05, 4.69) is 10.4 Å². The van der Waals surface area contributed by atoms with Gasteiger partial charge in [0.2, 0.25) is 0 Å². The average Bonchev–Trinajstić information content (AvgIpc) is 2.69. The number of hydrogen-bond acceptors (Lipinski definition) is 6. The average molecular weight is 388 g/mol. The third-order valence-electron chi connectivity index (χ3n) is 3.68. The van der Waals surface area contributed by atoms with E-state index in [0.717, 1.165) is 5.56 Å². The molecule has 1 N–H and O–H groups in total. The number of thiocarbonyl (C=S) groups is 1. The van der Waals surface area contributed by atoms with Gasteiger partial charge in [-0.25, -0.2) is 5.01 Å². The quantitative estimate of drug-likeness (QED) is 0.338. The highest BCUT2D eigenvalue weighted by atomic mass is 32.1. The minimum absolute atomic E-state index is 0.145. The van der Waals surface area contributed by atoms with Crippen LogP contribution in [0.4, 0.5) is 5.69 Å². The first-order valence-corrected chi connectivity index (χ1v) is 8.37. The topological polar surface area (TPSA) is 89.2 Å². The van der Waals surface area contributed by atoms with Gasteiger partial charge in [-0.05, 0) is 23.8 Å². The third-order valence-corrected chi connectivity index (χ3v) is 4.09. The molecule has 0 aliphatic rings. The summed E-state index contributed by atoms with van der Waals surface area (Å²) in [5.74, 6) is 0.645. The maximum Gasteiger partial charge on any atom is 0.282 e. The van der Waals surface area contributed by atoms with Crippen molar-refractivity contribution < 1.29 is 14.4 Å². The molecule has 0 heterocycles. The van der Waals surface area contributed by atoms with Crippen LogP contribution in [-0.4, -0.2) is 42.5 Å². The second-order valence-electron chi connectivity index (χ2n) is 5.44. The highest BCUT2D eigenvalue weighted by molar-refractivity contribution is 7.80. The number of hydrogen-bond donors (Lipinski definition) is 1. The van der Waals surface area contributed by atoms with Crippen molar-refractivity contribution >= 4 is 29.2 Å². The van der Waals surface area contributed by atoms with Gasteiger partial charge < -0.3 is 14.8 Å². The van der Waals surface area contributed by atoms with Crippen LogP contribution in [0, 0.1) is 10.1 Å². The molecule has 2 rings (SSSR count). The number of hydrazone groups is 1. The first-order valence-electron chi connectivity index (χ1n) is 7.96. The van der Waals surface area contributed by atoms with Gasteiger partial charge in [-0.15, -0.1) is 0 Å². The summed E-state index contributed by atoms with van der Waals surface area (Å²) in [6.45, 7) is 0.552.